The Morgan fingerprint density at radius 2 is 1.79 bits per heavy atom. The topological polar surface area (TPSA) is 50.7 Å². The van der Waals surface area contributed by atoms with Crippen LogP contribution in [0.2, 0.25) is 0 Å². The highest BCUT2D eigenvalue weighted by molar-refractivity contribution is 9.10. The van der Waals surface area contributed by atoms with Crippen LogP contribution in [0, 0.1) is 0 Å². The van der Waals surface area contributed by atoms with Crippen LogP contribution in [0.4, 0.5) is 0 Å². The van der Waals surface area contributed by atoms with Crippen LogP contribution >= 0.6 is 15.9 Å². The summed E-state index contributed by atoms with van der Waals surface area (Å²) in [5.41, 5.74) is 3.36. The monoisotopic (exact) mass is 382 g/mol. The molecule has 0 spiro atoms. The highest BCUT2D eigenvalue weighted by Gasteiger charge is 2.08. The van der Waals surface area contributed by atoms with Crippen LogP contribution in [0.15, 0.2) is 76.3 Å². The van der Waals surface area contributed by atoms with Crippen molar-refractivity contribution in [2.24, 2.45) is 5.10 Å². The Morgan fingerprint density at radius 1 is 1.04 bits per heavy atom. The SMILES string of the molecule is O=C(COc1ccc2ccccc2c1Br)N/N=C/c1ccccc1. The van der Waals surface area contributed by atoms with E-state index in [-0.39, 0.29) is 12.5 Å². The van der Waals surface area contributed by atoms with E-state index in [2.05, 4.69) is 26.5 Å². The zero-order chi connectivity index (χ0) is 16.8. The molecule has 4 nitrogen and oxygen atoms in total. The maximum absolute atomic E-state index is 11.8. The lowest BCUT2D eigenvalue weighted by molar-refractivity contribution is -0.123. The first-order chi connectivity index (χ1) is 11.7. The molecule has 0 saturated heterocycles. The third-order valence-electron chi connectivity index (χ3n) is 3.39. The van der Waals surface area contributed by atoms with Crippen LogP contribution < -0.4 is 10.2 Å². The lowest BCUT2D eigenvalue weighted by Gasteiger charge is -2.09. The van der Waals surface area contributed by atoms with Gasteiger partial charge >= 0.3 is 0 Å². The van der Waals surface area contributed by atoms with Gasteiger partial charge in [0.05, 0.1) is 10.7 Å². The van der Waals surface area contributed by atoms with Crippen LogP contribution in [0.3, 0.4) is 0 Å². The maximum atomic E-state index is 11.8. The Morgan fingerprint density at radius 3 is 2.62 bits per heavy atom. The Balaban J connectivity index is 1.58. The summed E-state index contributed by atoms with van der Waals surface area (Å²) in [5, 5.41) is 6.05. The van der Waals surface area contributed by atoms with Gasteiger partial charge in [-0.05, 0) is 38.3 Å². The van der Waals surface area contributed by atoms with Gasteiger partial charge < -0.3 is 4.74 Å². The molecule has 3 aromatic carbocycles. The van der Waals surface area contributed by atoms with Crippen molar-refractivity contribution in [3.05, 3.63) is 76.8 Å². The summed E-state index contributed by atoms with van der Waals surface area (Å²) in [7, 11) is 0. The van der Waals surface area contributed by atoms with Crippen LogP contribution in [0.25, 0.3) is 10.8 Å². The predicted octanol–water partition coefficient (Wildman–Crippen LogP) is 4.13. The average molecular weight is 383 g/mol. The number of ether oxygens (including phenoxy) is 1. The molecule has 24 heavy (non-hydrogen) atoms. The Hall–Kier alpha value is -2.66. The quantitative estimate of drug-likeness (QED) is 0.532. The molecule has 0 unspecified atom stereocenters. The van der Waals surface area contributed by atoms with Gasteiger partial charge in [0.25, 0.3) is 5.91 Å². The fourth-order valence-corrected chi connectivity index (χ4v) is 2.83. The molecule has 0 aliphatic carbocycles. The molecule has 1 N–H and O–H groups in total. The van der Waals surface area contributed by atoms with E-state index >= 15 is 0 Å². The van der Waals surface area contributed by atoms with Crippen LogP contribution in [0.1, 0.15) is 5.56 Å². The smallest absolute Gasteiger partial charge is 0.277 e. The third kappa shape index (κ3) is 4.00. The number of fused-ring (bicyclic) bond motifs is 1. The average Bonchev–Trinajstić information content (AvgIpc) is 2.62. The van der Waals surface area contributed by atoms with Gasteiger partial charge in [-0.2, -0.15) is 5.10 Å². The minimum absolute atomic E-state index is 0.108. The first-order valence-corrected chi connectivity index (χ1v) is 8.20. The normalized spacial score (nSPS) is 10.9. The molecule has 0 aliphatic heterocycles. The largest absolute Gasteiger partial charge is 0.483 e. The number of nitrogens with zero attached hydrogens (tertiary/aromatic N) is 1. The number of halogens is 1. The van der Waals surface area contributed by atoms with E-state index in [0.29, 0.717) is 5.75 Å². The first-order valence-electron chi connectivity index (χ1n) is 7.41. The highest BCUT2D eigenvalue weighted by atomic mass is 79.9. The van der Waals surface area contributed by atoms with E-state index in [9.17, 15) is 4.79 Å². The Labute approximate surface area is 148 Å². The number of carbonyl (C=O) groups is 1. The molecule has 0 aromatic heterocycles. The zero-order valence-corrected chi connectivity index (χ0v) is 14.4. The molecule has 1 amide bonds. The van der Waals surface area contributed by atoms with Crippen molar-refractivity contribution in [3.63, 3.8) is 0 Å². The van der Waals surface area contributed by atoms with Crippen molar-refractivity contribution in [1.29, 1.82) is 0 Å². The Kier molecular flexibility index (Phi) is 5.23. The van der Waals surface area contributed by atoms with E-state index in [1.165, 1.54) is 0 Å². The van der Waals surface area contributed by atoms with Crippen molar-refractivity contribution in [1.82, 2.24) is 5.43 Å². The molecule has 0 radical (unpaired) electrons. The van der Waals surface area contributed by atoms with E-state index in [0.717, 1.165) is 20.8 Å². The second-order valence-electron chi connectivity index (χ2n) is 5.09. The molecule has 0 saturated carbocycles. The molecule has 0 fully saturated rings. The number of benzene rings is 3. The summed E-state index contributed by atoms with van der Waals surface area (Å²) in [6.45, 7) is -0.108. The van der Waals surface area contributed by atoms with Crippen LogP contribution in [-0.4, -0.2) is 18.7 Å². The standard InChI is InChI=1S/C19H15BrN2O2/c20-19-16-9-5-4-8-15(16)10-11-17(19)24-13-18(23)22-21-12-14-6-2-1-3-7-14/h1-12H,13H2,(H,22,23)/b21-12+. The van der Waals surface area contributed by atoms with E-state index in [4.69, 9.17) is 4.74 Å². The third-order valence-corrected chi connectivity index (χ3v) is 4.21. The highest BCUT2D eigenvalue weighted by Crippen LogP contribution is 2.32. The maximum Gasteiger partial charge on any atom is 0.277 e. The summed E-state index contributed by atoms with van der Waals surface area (Å²) < 4.78 is 6.41. The van der Waals surface area contributed by atoms with E-state index in [1.807, 2.05) is 66.7 Å². The second kappa shape index (κ2) is 7.75. The van der Waals surface area contributed by atoms with E-state index in [1.54, 1.807) is 6.21 Å². The van der Waals surface area contributed by atoms with Gasteiger partial charge in [-0.25, -0.2) is 5.43 Å². The van der Waals surface area contributed by atoms with Gasteiger partial charge in [0.2, 0.25) is 0 Å². The lowest BCUT2D eigenvalue weighted by atomic mass is 10.1. The van der Waals surface area contributed by atoms with Gasteiger partial charge in [-0.15, -0.1) is 0 Å². The number of amides is 1. The summed E-state index contributed by atoms with van der Waals surface area (Å²) >= 11 is 3.53. The predicted molar refractivity (Wildman–Crippen MR) is 99.3 cm³/mol. The number of hydrogen-bond acceptors (Lipinski definition) is 3. The molecule has 3 rings (SSSR count). The fraction of sp³-hybridized carbons (Fsp3) is 0.0526. The molecule has 5 heteroatoms. The van der Waals surface area contributed by atoms with Crippen LogP contribution in [0.5, 0.6) is 5.75 Å². The molecule has 120 valence electrons. The molecular weight excluding hydrogens is 368 g/mol. The van der Waals surface area contributed by atoms with Gasteiger partial charge in [-0.1, -0.05) is 60.7 Å². The molecule has 0 heterocycles. The van der Waals surface area contributed by atoms with E-state index < -0.39 is 0 Å². The number of carbonyl (C=O) groups excluding carboxylic acids is 1. The summed E-state index contributed by atoms with van der Waals surface area (Å²) in [5.74, 6) is 0.304. The summed E-state index contributed by atoms with van der Waals surface area (Å²) in [6, 6.07) is 21.3. The minimum Gasteiger partial charge on any atom is -0.483 e. The number of hydrogen-bond donors (Lipinski definition) is 1. The summed E-state index contributed by atoms with van der Waals surface area (Å²) in [4.78, 5) is 11.8. The van der Waals surface area contributed by atoms with Crippen molar-refractivity contribution >= 4 is 38.8 Å². The zero-order valence-electron chi connectivity index (χ0n) is 12.8. The lowest BCUT2D eigenvalue weighted by Crippen LogP contribution is -2.24. The van der Waals surface area contributed by atoms with Gasteiger partial charge in [0.15, 0.2) is 6.61 Å². The first kappa shape index (κ1) is 16.2. The summed E-state index contributed by atoms with van der Waals surface area (Å²) in [6.07, 6.45) is 1.59. The second-order valence-corrected chi connectivity index (χ2v) is 5.88. The number of rotatable bonds is 5. The number of hydrazone groups is 1. The molecule has 3 aromatic rings. The molecule has 0 atom stereocenters. The van der Waals surface area contributed by atoms with Crippen molar-refractivity contribution < 1.29 is 9.53 Å². The van der Waals surface area contributed by atoms with Crippen molar-refractivity contribution in [3.8, 4) is 5.75 Å². The number of nitrogens with one attached hydrogen (secondary N) is 1. The minimum atomic E-state index is -0.317. The van der Waals surface area contributed by atoms with Crippen molar-refractivity contribution in [2.45, 2.75) is 0 Å². The fourth-order valence-electron chi connectivity index (χ4n) is 2.22. The molecular formula is C19H15BrN2O2. The van der Waals surface area contributed by atoms with Gasteiger partial charge in [0.1, 0.15) is 5.75 Å². The van der Waals surface area contributed by atoms with Gasteiger partial charge in [-0.3, -0.25) is 4.79 Å². The molecule has 0 bridgehead atoms. The van der Waals surface area contributed by atoms with Crippen LogP contribution in [-0.2, 0) is 4.79 Å². The van der Waals surface area contributed by atoms with Crippen molar-refractivity contribution in [2.75, 3.05) is 6.61 Å². The molecule has 0 aliphatic rings. The Bertz CT molecular complexity index is 879. The van der Waals surface area contributed by atoms with Gasteiger partial charge in [0, 0.05) is 0 Å².